The van der Waals surface area contributed by atoms with Gasteiger partial charge in [-0.15, -0.1) is 0 Å². The summed E-state index contributed by atoms with van der Waals surface area (Å²) < 4.78 is 36.8. The van der Waals surface area contributed by atoms with Gasteiger partial charge in [0.15, 0.2) is 11.6 Å². The zero-order chi connectivity index (χ0) is 26.2. The number of fused-ring (bicyclic) bond motifs is 1. The Kier molecular flexibility index (Phi) is 6.62. The van der Waals surface area contributed by atoms with E-state index in [-0.39, 0.29) is 28.8 Å². The molecule has 2 heterocycles. The Bertz CT molecular complexity index is 1430. The summed E-state index contributed by atoms with van der Waals surface area (Å²) in [6, 6.07) is 9.72. The molecule has 0 aliphatic heterocycles. The first-order valence-corrected chi connectivity index (χ1v) is 11.5. The van der Waals surface area contributed by atoms with Gasteiger partial charge in [-0.25, -0.2) is 28.5 Å². The van der Waals surface area contributed by atoms with Crippen LogP contribution in [0.3, 0.4) is 0 Å². The van der Waals surface area contributed by atoms with E-state index in [9.17, 15) is 13.6 Å². The SMILES string of the molecule is Cc1nc2c(F)cc(-c3nc(Nc4ccc(NC(=O)OC(C)(C)C)cc4)ncc3F)cc2n1C(C)C. The zero-order valence-electron chi connectivity index (χ0n) is 21.0. The fourth-order valence-electron chi connectivity index (χ4n) is 3.87. The van der Waals surface area contributed by atoms with Gasteiger partial charge in [0.05, 0.1) is 11.7 Å². The van der Waals surface area contributed by atoms with E-state index in [0.29, 0.717) is 22.7 Å². The third-order valence-corrected chi connectivity index (χ3v) is 5.25. The second kappa shape index (κ2) is 9.52. The molecule has 0 aliphatic carbocycles. The largest absolute Gasteiger partial charge is 0.444 e. The summed E-state index contributed by atoms with van der Waals surface area (Å²) >= 11 is 0. The summed E-state index contributed by atoms with van der Waals surface area (Å²) in [4.78, 5) is 24.6. The monoisotopic (exact) mass is 494 g/mol. The van der Waals surface area contributed by atoms with E-state index in [4.69, 9.17) is 4.74 Å². The summed E-state index contributed by atoms with van der Waals surface area (Å²) in [5.41, 5.74) is 1.58. The van der Waals surface area contributed by atoms with Crippen molar-refractivity contribution in [3.8, 4) is 11.3 Å². The van der Waals surface area contributed by atoms with Crippen molar-refractivity contribution < 1.29 is 18.3 Å². The van der Waals surface area contributed by atoms with Crippen LogP contribution in [0.2, 0.25) is 0 Å². The molecule has 0 bridgehead atoms. The van der Waals surface area contributed by atoms with Crippen LogP contribution < -0.4 is 10.6 Å². The van der Waals surface area contributed by atoms with E-state index < -0.39 is 23.3 Å². The minimum Gasteiger partial charge on any atom is -0.444 e. The molecule has 4 aromatic rings. The second-order valence-corrected chi connectivity index (χ2v) is 9.67. The van der Waals surface area contributed by atoms with Crippen LogP contribution in [-0.4, -0.2) is 31.2 Å². The van der Waals surface area contributed by atoms with Crippen molar-refractivity contribution in [1.82, 2.24) is 19.5 Å². The molecule has 0 aliphatic rings. The minimum absolute atomic E-state index is 0.0364. The Morgan fingerprint density at radius 2 is 1.69 bits per heavy atom. The molecular formula is C26H28F2N6O2. The molecule has 0 saturated carbocycles. The maximum absolute atomic E-state index is 14.9. The fourth-order valence-corrected chi connectivity index (χ4v) is 3.87. The van der Waals surface area contributed by atoms with Crippen LogP contribution in [0.15, 0.2) is 42.6 Å². The number of amides is 1. The zero-order valence-corrected chi connectivity index (χ0v) is 21.0. The molecule has 0 unspecified atom stereocenters. The van der Waals surface area contributed by atoms with Gasteiger partial charge < -0.3 is 14.6 Å². The normalized spacial score (nSPS) is 11.7. The van der Waals surface area contributed by atoms with E-state index in [1.165, 1.54) is 6.07 Å². The number of imidazole rings is 1. The van der Waals surface area contributed by atoms with Crippen LogP contribution in [0.4, 0.5) is 30.9 Å². The van der Waals surface area contributed by atoms with Crippen molar-refractivity contribution in [2.24, 2.45) is 0 Å². The van der Waals surface area contributed by atoms with Gasteiger partial charge in [0.2, 0.25) is 5.95 Å². The number of aromatic nitrogens is 4. The lowest BCUT2D eigenvalue weighted by Crippen LogP contribution is -2.27. The smallest absolute Gasteiger partial charge is 0.412 e. The van der Waals surface area contributed by atoms with Gasteiger partial charge in [-0.2, -0.15) is 0 Å². The quantitative estimate of drug-likeness (QED) is 0.319. The molecule has 0 atom stereocenters. The van der Waals surface area contributed by atoms with Crippen molar-refractivity contribution in [3.05, 3.63) is 60.1 Å². The standard InChI is InChI=1S/C26H28F2N6O2/c1-14(2)34-15(3)30-23-19(27)11-16(12-21(23)34)22-20(28)13-29-24(33-22)31-17-7-9-18(10-8-17)32-25(35)36-26(4,5)6/h7-14H,1-6H3,(H,32,35)(H,29,31,33). The highest BCUT2D eigenvalue weighted by molar-refractivity contribution is 5.85. The Morgan fingerprint density at radius 1 is 1.03 bits per heavy atom. The number of benzene rings is 2. The molecular weight excluding hydrogens is 466 g/mol. The Labute approximate surface area is 207 Å². The van der Waals surface area contributed by atoms with Gasteiger partial charge in [0.1, 0.15) is 22.6 Å². The van der Waals surface area contributed by atoms with Gasteiger partial charge in [0, 0.05) is 23.0 Å². The molecule has 2 aromatic heterocycles. The summed E-state index contributed by atoms with van der Waals surface area (Å²) in [5, 5.41) is 5.65. The number of nitrogens with zero attached hydrogens (tertiary/aromatic N) is 4. The molecule has 0 fully saturated rings. The van der Waals surface area contributed by atoms with Crippen LogP contribution in [0, 0.1) is 18.6 Å². The number of rotatable bonds is 5. The van der Waals surface area contributed by atoms with Gasteiger partial charge in [-0.3, -0.25) is 5.32 Å². The van der Waals surface area contributed by atoms with Crippen molar-refractivity contribution >= 4 is 34.4 Å². The number of anilines is 3. The number of hydrogen-bond donors (Lipinski definition) is 2. The fraction of sp³-hybridized carbons (Fsp3) is 0.308. The highest BCUT2D eigenvalue weighted by Crippen LogP contribution is 2.30. The summed E-state index contributed by atoms with van der Waals surface area (Å²) in [6.45, 7) is 11.1. The van der Waals surface area contributed by atoms with E-state index >= 15 is 0 Å². The number of carbonyl (C=O) groups is 1. The van der Waals surface area contributed by atoms with Crippen molar-refractivity contribution in [3.63, 3.8) is 0 Å². The number of nitrogens with one attached hydrogen (secondary N) is 2. The average Bonchev–Trinajstić information content (AvgIpc) is 3.11. The van der Waals surface area contributed by atoms with E-state index in [2.05, 4.69) is 25.6 Å². The van der Waals surface area contributed by atoms with E-state index in [1.807, 2.05) is 18.4 Å². The van der Waals surface area contributed by atoms with Crippen molar-refractivity contribution in [2.45, 2.75) is 53.2 Å². The third kappa shape index (κ3) is 5.42. The van der Waals surface area contributed by atoms with Gasteiger partial charge in [-0.1, -0.05) is 0 Å². The van der Waals surface area contributed by atoms with Crippen molar-refractivity contribution in [1.29, 1.82) is 0 Å². The highest BCUT2D eigenvalue weighted by atomic mass is 19.1. The van der Waals surface area contributed by atoms with Crippen LogP contribution in [0.1, 0.15) is 46.5 Å². The van der Waals surface area contributed by atoms with Crippen molar-refractivity contribution in [2.75, 3.05) is 10.6 Å². The molecule has 8 nitrogen and oxygen atoms in total. The van der Waals surface area contributed by atoms with Crippen LogP contribution in [0.5, 0.6) is 0 Å². The molecule has 2 aromatic carbocycles. The van der Waals surface area contributed by atoms with Crippen LogP contribution in [0.25, 0.3) is 22.3 Å². The molecule has 0 radical (unpaired) electrons. The third-order valence-electron chi connectivity index (χ3n) is 5.25. The van der Waals surface area contributed by atoms with Gasteiger partial charge in [0.25, 0.3) is 0 Å². The molecule has 0 saturated heterocycles. The molecule has 36 heavy (non-hydrogen) atoms. The molecule has 188 valence electrons. The Hall–Kier alpha value is -4.08. The predicted molar refractivity (Wildman–Crippen MR) is 135 cm³/mol. The van der Waals surface area contributed by atoms with Crippen LogP contribution in [-0.2, 0) is 4.74 Å². The molecule has 2 N–H and O–H groups in total. The van der Waals surface area contributed by atoms with Crippen LogP contribution >= 0.6 is 0 Å². The maximum atomic E-state index is 14.9. The molecule has 0 spiro atoms. The average molecular weight is 495 g/mol. The van der Waals surface area contributed by atoms with Gasteiger partial charge in [-0.05, 0) is 77.9 Å². The van der Waals surface area contributed by atoms with E-state index in [1.54, 1.807) is 58.0 Å². The molecule has 4 rings (SSSR count). The lowest BCUT2D eigenvalue weighted by atomic mass is 10.1. The maximum Gasteiger partial charge on any atom is 0.412 e. The first kappa shape index (κ1) is 25.0. The van der Waals surface area contributed by atoms with E-state index in [0.717, 1.165) is 6.20 Å². The molecule has 1 amide bonds. The highest BCUT2D eigenvalue weighted by Gasteiger charge is 2.19. The Balaban J connectivity index is 1.59. The number of halogens is 2. The van der Waals surface area contributed by atoms with Gasteiger partial charge >= 0.3 is 6.09 Å². The Morgan fingerprint density at radius 3 is 2.33 bits per heavy atom. The molecule has 10 heteroatoms. The topological polar surface area (TPSA) is 94.0 Å². The number of aryl methyl sites for hydroxylation is 1. The lowest BCUT2D eigenvalue weighted by molar-refractivity contribution is 0.0636. The number of carbonyl (C=O) groups excluding carboxylic acids is 1. The lowest BCUT2D eigenvalue weighted by Gasteiger charge is -2.19. The predicted octanol–water partition coefficient (Wildman–Crippen LogP) is 6.75. The number of ether oxygens (including phenoxy) is 1. The first-order valence-electron chi connectivity index (χ1n) is 11.5. The summed E-state index contributed by atoms with van der Waals surface area (Å²) in [7, 11) is 0. The number of hydrogen-bond acceptors (Lipinski definition) is 6. The first-order chi connectivity index (χ1) is 16.9. The summed E-state index contributed by atoms with van der Waals surface area (Å²) in [5.74, 6) is -0.423. The second-order valence-electron chi connectivity index (χ2n) is 9.67. The minimum atomic E-state index is -0.677. The summed E-state index contributed by atoms with van der Waals surface area (Å²) in [6.07, 6.45) is 0.476.